The number of carboxylic acids is 1. The van der Waals surface area contributed by atoms with Gasteiger partial charge >= 0.3 is 5.97 Å². The lowest BCUT2D eigenvalue weighted by molar-refractivity contribution is -0.137. The highest BCUT2D eigenvalue weighted by Gasteiger charge is 2.22. The fourth-order valence-electron chi connectivity index (χ4n) is 1.65. The Labute approximate surface area is 104 Å². The van der Waals surface area contributed by atoms with Crippen LogP contribution in [-0.2, 0) is 4.79 Å². The van der Waals surface area contributed by atoms with Crippen LogP contribution >= 0.6 is 11.3 Å². The number of anilines is 2. The van der Waals surface area contributed by atoms with Crippen molar-refractivity contribution >= 4 is 28.0 Å². The Bertz CT molecular complexity index is 481. The van der Waals surface area contributed by atoms with E-state index in [2.05, 4.69) is 0 Å². The number of hydrogen-bond donors (Lipinski definition) is 1. The average Bonchev–Trinajstić information content (AvgIpc) is 2.84. The van der Waals surface area contributed by atoms with Crippen molar-refractivity contribution in [2.45, 2.75) is 13.0 Å². The minimum absolute atomic E-state index is 0.587. The van der Waals surface area contributed by atoms with E-state index in [1.807, 2.05) is 52.7 Å². The summed E-state index contributed by atoms with van der Waals surface area (Å²) in [4.78, 5) is 13.0. The summed E-state index contributed by atoms with van der Waals surface area (Å²) in [5.74, 6) is -0.831. The van der Waals surface area contributed by atoms with Crippen LogP contribution in [0.1, 0.15) is 6.92 Å². The summed E-state index contributed by atoms with van der Waals surface area (Å²) in [6.07, 6.45) is 0. The van der Waals surface area contributed by atoms with Gasteiger partial charge in [-0.3, -0.25) is 0 Å². The third kappa shape index (κ3) is 2.47. The largest absolute Gasteiger partial charge is 0.480 e. The van der Waals surface area contributed by atoms with E-state index in [-0.39, 0.29) is 0 Å². The molecule has 0 aliphatic rings. The molecule has 0 saturated carbocycles. The molecule has 0 fully saturated rings. The quantitative estimate of drug-likeness (QED) is 0.900. The first kappa shape index (κ1) is 11.7. The SMILES string of the molecule is CC(C(=O)O)N(c1ccccc1)c1cccs1. The molecule has 4 heteroatoms. The minimum Gasteiger partial charge on any atom is -0.480 e. The molecule has 0 amide bonds. The zero-order valence-electron chi connectivity index (χ0n) is 9.41. The second kappa shape index (κ2) is 5.01. The van der Waals surface area contributed by atoms with Crippen molar-refractivity contribution in [1.82, 2.24) is 0 Å². The number of hydrogen-bond acceptors (Lipinski definition) is 3. The fourth-order valence-corrected chi connectivity index (χ4v) is 2.48. The first-order valence-electron chi connectivity index (χ1n) is 5.31. The number of carboxylic acid groups (broad SMARTS) is 1. The van der Waals surface area contributed by atoms with Crippen LogP contribution in [0.15, 0.2) is 47.8 Å². The first-order chi connectivity index (χ1) is 8.20. The maximum atomic E-state index is 11.2. The van der Waals surface area contributed by atoms with Gasteiger partial charge in [0.1, 0.15) is 6.04 Å². The zero-order chi connectivity index (χ0) is 12.3. The van der Waals surface area contributed by atoms with E-state index in [0.717, 1.165) is 10.7 Å². The van der Waals surface area contributed by atoms with Crippen molar-refractivity contribution in [3.63, 3.8) is 0 Å². The van der Waals surface area contributed by atoms with Gasteiger partial charge in [-0.25, -0.2) is 4.79 Å². The molecule has 1 heterocycles. The maximum absolute atomic E-state index is 11.2. The number of nitrogens with zero attached hydrogens (tertiary/aromatic N) is 1. The van der Waals surface area contributed by atoms with Gasteiger partial charge < -0.3 is 10.0 Å². The summed E-state index contributed by atoms with van der Waals surface area (Å²) in [6.45, 7) is 1.69. The lowest BCUT2D eigenvalue weighted by atomic mass is 10.2. The molecule has 2 rings (SSSR count). The van der Waals surface area contributed by atoms with E-state index in [9.17, 15) is 9.90 Å². The topological polar surface area (TPSA) is 40.5 Å². The van der Waals surface area contributed by atoms with E-state index in [4.69, 9.17) is 0 Å². The molecule has 0 aliphatic carbocycles. The predicted octanol–water partition coefficient (Wildman–Crippen LogP) is 3.36. The van der Waals surface area contributed by atoms with Crippen LogP contribution in [0.25, 0.3) is 0 Å². The van der Waals surface area contributed by atoms with Gasteiger partial charge in [-0.2, -0.15) is 0 Å². The molecule has 1 aromatic carbocycles. The van der Waals surface area contributed by atoms with Crippen molar-refractivity contribution in [3.05, 3.63) is 47.8 Å². The molecule has 1 unspecified atom stereocenters. The van der Waals surface area contributed by atoms with E-state index >= 15 is 0 Å². The van der Waals surface area contributed by atoms with Gasteiger partial charge in [-0.1, -0.05) is 18.2 Å². The predicted molar refractivity (Wildman–Crippen MR) is 70.0 cm³/mol. The van der Waals surface area contributed by atoms with Gasteiger partial charge in [0, 0.05) is 5.69 Å². The molecule has 1 N–H and O–H groups in total. The van der Waals surface area contributed by atoms with Crippen LogP contribution in [-0.4, -0.2) is 17.1 Å². The third-order valence-electron chi connectivity index (χ3n) is 2.52. The molecule has 0 radical (unpaired) electrons. The van der Waals surface area contributed by atoms with Crippen molar-refractivity contribution in [1.29, 1.82) is 0 Å². The van der Waals surface area contributed by atoms with Crippen LogP contribution in [0.5, 0.6) is 0 Å². The summed E-state index contributed by atoms with van der Waals surface area (Å²) in [5.41, 5.74) is 0.893. The summed E-state index contributed by atoms with van der Waals surface area (Å²) in [7, 11) is 0. The number of aliphatic carboxylic acids is 1. The van der Waals surface area contributed by atoms with E-state index in [0.29, 0.717) is 0 Å². The van der Waals surface area contributed by atoms with Crippen LogP contribution < -0.4 is 4.90 Å². The summed E-state index contributed by atoms with van der Waals surface area (Å²) < 4.78 is 0. The van der Waals surface area contributed by atoms with Gasteiger partial charge in [0.25, 0.3) is 0 Å². The second-order valence-electron chi connectivity index (χ2n) is 3.67. The molecule has 2 aromatic rings. The Morgan fingerprint density at radius 3 is 2.47 bits per heavy atom. The van der Waals surface area contributed by atoms with Gasteiger partial charge in [-0.05, 0) is 36.6 Å². The lowest BCUT2D eigenvalue weighted by Crippen LogP contribution is -2.34. The van der Waals surface area contributed by atoms with E-state index in [1.165, 1.54) is 11.3 Å². The molecule has 0 spiro atoms. The van der Waals surface area contributed by atoms with Gasteiger partial charge in [0.05, 0.1) is 5.00 Å². The van der Waals surface area contributed by atoms with Crippen LogP contribution in [0.2, 0.25) is 0 Å². The Morgan fingerprint density at radius 1 is 1.24 bits per heavy atom. The van der Waals surface area contributed by atoms with Crippen molar-refractivity contribution in [2.75, 3.05) is 4.90 Å². The van der Waals surface area contributed by atoms with Gasteiger partial charge in [0.15, 0.2) is 0 Å². The normalized spacial score (nSPS) is 12.1. The van der Waals surface area contributed by atoms with Gasteiger partial charge in [0.2, 0.25) is 0 Å². The van der Waals surface area contributed by atoms with Gasteiger partial charge in [-0.15, -0.1) is 11.3 Å². The highest BCUT2D eigenvalue weighted by molar-refractivity contribution is 7.14. The third-order valence-corrected chi connectivity index (χ3v) is 3.39. The number of thiophene rings is 1. The molecule has 0 aliphatic heterocycles. The molecule has 17 heavy (non-hydrogen) atoms. The molecule has 1 atom stereocenters. The Hall–Kier alpha value is -1.81. The highest BCUT2D eigenvalue weighted by Crippen LogP contribution is 2.31. The highest BCUT2D eigenvalue weighted by atomic mass is 32.1. The zero-order valence-corrected chi connectivity index (χ0v) is 10.2. The van der Waals surface area contributed by atoms with Crippen molar-refractivity contribution in [2.24, 2.45) is 0 Å². The molecule has 1 aromatic heterocycles. The second-order valence-corrected chi connectivity index (χ2v) is 4.60. The summed E-state index contributed by atoms with van der Waals surface area (Å²) in [5, 5.41) is 12.1. The van der Waals surface area contributed by atoms with Crippen LogP contribution in [0.3, 0.4) is 0 Å². The molecular formula is C13H13NO2S. The number of rotatable bonds is 4. The Balaban J connectivity index is 2.42. The summed E-state index contributed by atoms with van der Waals surface area (Å²) in [6, 6.07) is 12.8. The standard InChI is InChI=1S/C13H13NO2S/c1-10(13(15)16)14(12-8-5-9-17-12)11-6-3-2-4-7-11/h2-10H,1H3,(H,15,16). The monoisotopic (exact) mass is 247 g/mol. The smallest absolute Gasteiger partial charge is 0.326 e. The molecule has 88 valence electrons. The average molecular weight is 247 g/mol. The number of benzene rings is 1. The fraction of sp³-hybridized carbons (Fsp3) is 0.154. The van der Waals surface area contributed by atoms with E-state index < -0.39 is 12.0 Å². The van der Waals surface area contributed by atoms with Crippen LogP contribution in [0.4, 0.5) is 10.7 Å². The lowest BCUT2D eigenvalue weighted by Gasteiger charge is -2.27. The molecule has 3 nitrogen and oxygen atoms in total. The molecular weight excluding hydrogens is 234 g/mol. The van der Waals surface area contributed by atoms with Crippen molar-refractivity contribution < 1.29 is 9.90 Å². The first-order valence-corrected chi connectivity index (χ1v) is 6.18. The number of para-hydroxylation sites is 1. The number of carbonyl (C=O) groups is 1. The van der Waals surface area contributed by atoms with Crippen molar-refractivity contribution in [3.8, 4) is 0 Å². The molecule has 0 bridgehead atoms. The minimum atomic E-state index is -0.831. The summed E-state index contributed by atoms with van der Waals surface area (Å²) >= 11 is 1.53. The Kier molecular flexibility index (Phi) is 3.44. The van der Waals surface area contributed by atoms with Crippen LogP contribution in [0, 0.1) is 0 Å². The van der Waals surface area contributed by atoms with E-state index in [1.54, 1.807) is 6.92 Å². The molecule has 0 saturated heterocycles. The maximum Gasteiger partial charge on any atom is 0.326 e. The Morgan fingerprint density at radius 2 is 1.94 bits per heavy atom.